The van der Waals surface area contributed by atoms with E-state index in [9.17, 15) is 0 Å². The smallest absolute Gasteiger partial charge is 0.147 e. The maximum atomic E-state index is 6.34. The zero-order valence-corrected chi connectivity index (χ0v) is 20.2. The van der Waals surface area contributed by atoms with Crippen LogP contribution in [0.2, 0.25) is 5.02 Å². The Labute approximate surface area is 197 Å². The van der Waals surface area contributed by atoms with E-state index < -0.39 is 0 Å². The third kappa shape index (κ3) is 4.60. The van der Waals surface area contributed by atoms with Crippen LogP contribution in [-0.2, 0) is 15.0 Å². The van der Waals surface area contributed by atoms with Gasteiger partial charge >= 0.3 is 180 Å². The summed E-state index contributed by atoms with van der Waals surface area (Å²) in [4.78, 5) is 9.47. The molecule has 4 rings (SSSR count). The first kappa shape index (κ1) is 23.3. The van der Waals surface area contributed by atoms with Gasteiger partial charge in [0.1, 0.15) is 0 Å². The second kappa shape index (κ2) is 9.68. The molecule has 3 N–H and O–H groups in total. The van der Waals surface area contributed by atoms with Gasteiger partial charge in [0.2, 0.25) is 0 Å². The van der Waals surface area contributed by atoms with Gasteiger partial charge < -0.3 is 6.15 Å². The number of halogens is 4. The number of nitrogens with zero attached hydrogens (tertiary/aromatic N) is 2. The third-order valence-corrected chi connectivity index (χ3v) is 7.24. The monoisotopic (exact) mass is 581 g/mol. The molecule has 0 aliphatic heterocycles. The topological polar surface area (TPSA) is 60.8 Å². The Kier molecular flexibility index (Phi) is 8.06. The van der Waals surface area contributed by atoms with Gasteiger partial charge in [0, 0.05) is 0 Å². The third-order valence-electron chi connectivity index (χ3n) is 3.85. The van der Waals surface area contributed by atoms with Crippen LogP contribution in [0.4, 0.5) is 0 Å². The number of rotatable bonds is 3. The number of hydrogen-bond acceptors (Lipinski definition) is 3. The summed E-state index contributed by atoms with van der Waals surface area (Å²) in [7, 11) is 0. The van der Waals surface area contributed by atoms with Crippen LogP contribution >= 0.6 is 55.9 Å². The van der Waals surface area contributed by atoms with Crippen LogP contribution in [0.3, 0.4) is 0 Å². The number of benzene rings is 2. The predicted octanol–water partition coefficient (Wildman–Crippen LogP) is 6.92. The molecule has 8 heteroatoms. The Hall–Kier alpha value is -0.981. The number of hydrogen-bond donors (Lipinski definition) is 1. The zero-order valence-electron chi connectivity index (χ0n) is 14.4. The van der Waals surface area contributed by atoms with Crippen molar-refractivity contribution >= 4 is 86.6 Å². The van der Waals surface area contributed by atoms with Crippen LogP contribution in [0, 0.1) is 0 Å². The first-order chi connectivity index (χ1) is 12.5. The van der Waals surface area contributed by atoms with E-state index in [4.69, 9.17) is 16.6 Å². The molecular weight excluding hydrogens is 569 g/mol. The van der Waals surface area contributed by atoms with E-state index in [2.05, 4.69) is 61.6 Å². The minimum atomic E-state index is 0. The number of fused-ring (bicyclic) bond motifs is 3. The van der Waals surface area contributed by atoms with Crippen molar-refractivity contribution in [3.05, 3.63) is 81.0 Å². The van der Waals surface area contributed by atoms with E-state index in [0.29, 0.717) is 15.0 Å². The van der Waals surface area contributed by atoms with Crippen LogP contribution in [0.15, 0.2) is 70.3 Å². The van der Waals surface area contributed by atoms with Gasteiger partial charge in [-0.15, -0.1) is 12.4 Å². The van der Waals surface area contributed by atoms with Crippen molar-refractivity contribution in [2.24, 2.45) is 0 Å². The molecule has 0 amide bonds. The van der Waals surface area contributed by atoms with Gasteiger partial charge in [0.05, 0.1) is 0 Å². The zero-order chi connectivity index (χ0) is 18.3. The number of pyridine rings is 2. The minimum absolute atomic E-state index is 0. The van der Waals surface area contributed by atoms with Crippen molar-refractivity contribution in [2.75, 3.05) is 0 Å². The van der Waals surface area contributed by atoms with Crippen molar-refractivity contribution in [3.8, 4) is 0 Å². The Balaban J connectivity index is 0.00000140. The van der Waals surface area contributed by atoms with Crippen LogP contribution in [0.1, 0.15) is 5.69 Å². The average molecular weight is 584 g/mol. The molecule has 146 valence electrons. The minimum Gasteiger partial charge on any atom is -0.344 e. The van der Waals surface area contributed by atoms with Crippen LogP contribution in [0.25, 0.3) is 26.3 Å². The summed E-state index contributed by atoms with van der Waals surface area (Å²) in [5.74, 6) is 0. The van der Waals surface area contributed by atoms with Crippen LogP contribution in [0.5, 0.6) is 0 Å². The summed E-state index contributed by atoms with van der Waals surface area (Å²) in [6, 6.07) is 18.0. The molecule has 0 saturated heterocycles. The molecule has 0 spiro atoms. The van der Waals surface area contributed by atoms with Gasteiger partial charge in [0.25, 0.3) is 0 Å². The van der Waals surface area contributed by atoms with Crippen LogP contribution in [-0.4, -0.2) is 9.97 Å². The van der Waals surface area contributed by atoms with Gasteiger partial charge in [-0.1, -0.05) is 0 Å². The molecule has 0 aliphatic carbocycles. The van der Waals surface area contributed by atoms with Gasteiger partial charge in [-0.05, 0) is 0 Å². The predicted molar refractivity (Wildman–Crippen MR) is 125 cm³/mol. The molecular formula is C20H15Br2Cl2FeN3. The Morgan fingerprint density at radius 3 is 2.18 bits per heavy atom. The molecule has 2 aromatic heterocycles. The molecule has 0 bridgehead atoms. The molecule has 3 nitrogen and oxygen atoms in total. The fourth-order valence-corrected chi connectivity index (χ4v) is 5.07. The van der Waals surface area contributed by atoms with Crippen molar-refractivity contribution in [1.29, 1.82) is 0 Å². The van der Waals surface area contributed by atoms with Crippen LogP contribution < -0.4 is 10.6 Å². The molecule has 0 fully saturated rings. The van der Waals surface area contributed by atoms with Crippen molar-refractivity contribution in [3.63, 3.8) is 0 Å². The van der Waals surface area contributed by atoms with Crippen molar-refractivity contribution in [2.45, 2.75) is 0 Å². The second-order valence-electron chi connectivity index (χ2n) is 5.54. The Bertz CT molecular complexity index is 1160. The quantitative estimate of drug-likeness (QED) is 0.162. The fraction of sp³-hybridized carbons (Fsp3) is 0. The summed E-state index contributed by atoms with van der Waals surface area (Å²) in [6.07, 6.45) is 0. The summed E-state index contributed by atoms with van der Waals surface area (Å²) in [5.41, 5.74) is 2.60. The van der Waals surface area contributed by atoms with E-state index in [-0.39, 0.29) is 18.6 Å². The second-order valence-corrected chi connectivity index (χ2v) is 9.11. The molecule has 0 unspecified atom stereocenters. The molecule has 4 aromatic rings. The molecule has 0 atom stereocenters. The standard InChI is InChI=1S/C14H8BrN2.C6H3BrCl.ClH.Fe.H3N/c1-2-11-7-5-9-3-4-10-6-8-12(15)17-14(10)13(9)16-11;7-5-2-1-3-6(8)4-5;;;/h3-8H,1H2;1-3H;1H;;1H3. The largest absolute Gasteiger partial charge is 0.344 e. The molecule has 2 aromatic carbocycles. The first-order valence-electron chi connectivity index (χ1n) is 7.64. The Morgan fingerprint density at radius 1 is 0.893 bits per heavy atom. The normalized spacial score (nSPS) is 10.5. The molecule has 2 heterocycles. The van der Waals surface area contributed by atoms with E-state index in [1.54, 1.807) is 0 Å². The SMILES string of the molecule is C=[C]([Fe][c]1c(Cl)cccc1Br)c1ccc2ccc3ccc(Br)nc3c2n1.Cl.N. The summed E-state index contributed by atoms with van der Waals surface area (Å²) in [5, 5.41) is 2.83. The van der Waals surface area contributed by atoms with Gasteiger partial charge in [-0.2, -0.15) is 0 Å². The first-order valence-corrected chi connectivity index (χ1v) is 10.7. The van der Waals surface area contributed by atoms with Crippen molar-refractivity contribution < 1.29 is 15.0 Å². The maximum Gasteiger partial charge on any atom is -0.147 e. The summed E-state index contributed by atoms with van der Waals surface area (Å²) >= 11 is 14.0. The Morgan fingerprint density at radius 2 is 1.50 bits per heavy atom. The average Bonchev–Trinajstić information content (AvgIpc) is 2.64. The molecule has 28 heavy (non-hydrogen) atoms. The van der Waals surface area contributed by atoms with E-state index in [1.165, 1.54) is 0 Å². The summed E-state index contributed by atoms with van der Waals surface area (Å²) in [6.45, 7) is 4.24. The fourth-order valence-electron chi connectivity index (χ4n) is 2.60. The maximum absolute atomic E-state index is 6.34. The van der Waals surface area contributed by atoms with Crippen molar-refractivity contribution in [1.82, 2.24) is 16.1 Å². The van der Waals surface area contributed by atoms with Gasteiger partial charge in [-0.3, -0.25) is 0 Å². The molecule has 0 radical (unpaired) electrons. The van der Waals surface area contributed by atoms with Gasteiger partial charge in [-0.25, -0.2) is 0 Å². The summed E-state index contributed by atoms with van der Waals surface area (Å²) < 4.78 is 3.69. The van der Waals surface area contributed by atoms with E-state index in [0.717, 1.165) is 50.5 Å². The molecule has 0 aliphatic rings. The van der Waals surface area contributed by atoms with E-state index in [1.807, 2.05) is 36.4 Å². The number of aromatic nitrogens is 2. The van der Waals surface area contributed by atoms with Gasteiger partial charge in [0.15, 0.2) is 0 Å². The van der Waals surface area contributed by atoms with E-state index >= 15 is 0 Å². The molecule has 0 saturated carbocycles.